The fourth-order valence-corrected chi connectivity index (χ4v) is 4.54. The quantitative estimate of drug-likeness (QED) is 0.283. The molecule has 9 heteroatoms. The molecule has 176 valence electrons. The number of amides is 1. The van der Waals surface area contributed by atoms with Crippen molar-refractivity contribution in [3.05, 3.63) is 82.9 Å². The number of rotatable bonds is 9. The van der Waals surface area contributed by atoms with Crippen LogP contribution in [0.15, 0.2) is 59.8 Å². The zero-order chi connectivity index (χ0) is 24.1. The predicted octanol–water partition coefficient (Wildman–Crippen LogP) is 4.43. The van der Waals surface area contributed by atoms with Crippen LogP contribution in [0.4, 0.5) is 10.1 Å². The van der Waals surface area contributed by atoms with Gasteiger partial charge in [0.15, 0.2) is 0 Å². The fraction of sp³-hybridized carbons (Fsp3) is 0.280. The van der Waals surface area contributed by atoms with Gasteiger partial charge in [0.05, 0.1) is 5.69 Å². The molecule has 4 aromatic rings. The van der Waals surface area contributed by atoms with Gasteiger partial charge in [-0.2, -0.15) is 4.98 Å². The molecule has 2 heterocycles. The Labute approximate surface area is 202 Å². The summed E-state index contributed by atoms with van der Waals surface area (Å²) in [4.78, 5) is 23.6. The maximum Gasteiger partial charge on any atom is 0.253 e. The molecule has 0 spiro atoms. The van der Waals surface area contributed by atoms with Gasteiger partial charge in [0, 0.05) is 42.8 Å². The first-order valence-electron chi connectivity index (χ1n) is 11.1. The van der Waals surface area contributed by atoms with Crippen molar-refractivity contribution in [2.75, 3.05) is 25.0 Å². The molecule has 0 unspecified atom stereocenters. The van der Waals surface area contributed by atoms with E-state index in [2.05, 4.69) is 20.4 Å². The SMILES string of the molecule is Cc1cc(C)n2nc(SCc3ccccc3C(=O)NCCCN(C)c3ccccc3F)nc2n1. The molecule has 2 aromatic carbocycles. The Bertz CT molecular complexity index is 1310. The number of benzene rings is 2. The standard InChI is InChI=1S/C25H27FN6OS/c1-17-15-18(2)32-24(28-17)29-25(30-32)34-16-19-9-4-5-10-20(19)23(33)27-13-8-14-31(3)22-12-7-6-11-21(22)26/h4-7,9-12,15H,8,13-14,16H2,1-3H3,(H,27,33). The number of halogens is 1. The molecule has 0 saturated heterocycles. The molecule has 34 heavy (non-hydrogen) atoms. The van der Waals surface area contributed by atoms with Crippen LogP contribution in [0.25, 0.3) is 5.78 Å². The van der Waals surface area contributed by atoms with Gasteiger partial charge in [-0.25, -0.2) is 13.9 Å². The number of carbonyl (C=O) groups is 1. The van der Waals surface area contributed by atoms with Crippen molar-refractivity contribution in [2.24, 2.45) is 0 Å². The second kappa shape index (κ2) is 10.6. The summed E-state index contributed by atoms with van der Waals surface area (Å²) in [6, 6.07) is 16.2. The molecule has 0 bridgehead atoms. The molecule has 4 rings (SSSR count). The molecular weight excluding hydrogens is 451 g/mol. The average molecular weight is 479 g/mol. The van der Waals surface area contributed by atoms with Crippen LogP contribution in [0.2, 0.25) is 0 Å². The maximum atomic E-state index is 13.9. The molecule has 0 atom stereocenters. The highest BCUT2D eigenvalue weighted by Crippen LogP contribution is 2.23. The number of nitrogens with one attached hydrogen (secondary N) is 1. The van der Waals surface area contributed by atoms with E-state index >= 15 is 0 Å². The van der Waals surface area contributed by atoms with Gasteiger partial charge in [0.2, 0.25) is 5.16 Å². The largest absolute Gasteiger partial charge is 0.372 e. The van der Waals surface area contributed by atoms with E-state index in [1.165, 1.54) is 17.8 Å². The Hall–Kier alpha value is -3.46. The Balaban J connectivity index is 1.33. The molecule has 0 radical (unpaired) electrons. The lowest BCUT2D eigenvalue weighted by molar-refractivity contribution is 0.0952. The summed E-state index contributed by atoms with van der Waals surface area (Å²) in [5.74, 6) is 0.767. The van der Waals surface area contributed by atoms with Crippen molar-refractivity contribution in [3.8, 4) is 0 Å². The van der Waals surface area contributed by atoms with E-state index in [0.717, 1.165) is 17.0 Å². The Morgan fingerprint density at radius 3 is 2.71 bits per heavy atom. The van der Waals surface area contributed by atoms with Crippen molar-refractivity contribution in [1.82, 2.24) is 24.9 Å². The molecule has 0 aliphatic carbocycles. The van der Waals surface area contributed by atoms with E-state index in [0.29, 0.717) is 47.4 Å². The number of carbonyl (C=O) groups excluding carboxylic acids is 1. The second-order valence-corrected chi connectivity index (χ2v) is 9.02. The van der Waals surface area contributed by atoms with Gasteiger partial charge in [0.1, 0.15) is 5.82 Å². The van der Waals surface area contributed by atoms with Crippen LogP contribution in [0.3, 0.4) is 0 Å². The van der Waals surface area contributed by atoms with E-state index < -0.39 is 0 Å². The highest BCUT2D eigenvalue weighted by atomic mass is 32.2. The normalized spacial score (nSPS) is 11.1. The smallest absolute Gasteiger partial charge is 0.253 e. The Kier molecular flexibility index (Phi) is 7.42. The van der Waals surface area contributed by atoms with Gasteiger partial charge >= 0.3 is 0 Å². The van der Waals surface area contributed by atoms with Crippen LogP contribution < -0.4 is 10.2 Å². The van der Waals surface area contributed by atoms with E-state index in [-0.39, 0.29) is 11.7 Å². The number of para-hydroxylation sites is 1. The summed E-state index contributed by atoms with van der Waals surface area (Å²) < 4.78 is 15.6. The van der Waals surface area contributed by atoms with Crippen molar-refractivity contribution >= 4 is 29.1 Å². The minimum absolute atomic E-state index is 0.124. The van der Waals surface area contributed by atoms with Crippen LogP contribution in [-0.4, -0.2) is 45.6 Å². The van der Waals surface area contributed by atoms with Gasteiger partial charge in [0.25, 0.3) is 11.7 Å². The first-order valence-corrected chi connectivity index (χ1v) is 12.1. The van der Waals surface area contributed by atoms with Crippen LogP contribution >= 0.6 is 11.8 Å². The minimum atomic E-state index is -0.248. The van der Waals surface area contributed by atoms with E-state index in [1.807, 2.05) is 62.2 Å². The number of thioether (sulfide) groups is 1. The second-order valence-electron chi connectivity index (χ2n) is 8.07. The molecule has 0 fully saturated rings. The zero-order valence-electron chi connectivity index (χ0n) is 19.5. The van der Waals surface area contributed by atoms with E-state index in [1.54, 1.807) is 16.6 Å². The monoisotopic (exact) mass is 478 g/mol. The lowest BCUT2D eigenvalue weighted by Gasteiger charge is -2.20. The molecule has 2 aromatic heterocycles. The molecule has 7 nitrogen and oxygen atoms in total. The highest BCUT2D eigenvalue weighted by molar-refractivity contribution is 7.98. The minimum Gasteiger partial charge on any atom is -0.372 e. The highest BCUT2D eigenvalue weighted by Gasteiger charge is 2.14. The van der Waals surface area contributed by atoms with Crippen molar-refractivity contribution in [3.63, 3.8) is 0 Å². The van der Waals surface area contributed by atoms with Gasteiger partial charge in [-0.1, -0.05) is 42.1 Å². The summed E-state index contributed by atoms with van der Waals surface area (Å²) in [5, 5.41) is 8.12. The van der Waals surface area contributed by atoms with Crippen molar-refractivity contribution in [1.29, 1.82) is 0 Å². The first-order chi connectivity index (χ1) is 16.4. The Morgan fingerprint density at radius 2 is 1.88 bits per heavy atom. The zero-order valence-corrected chi connectivity index (χ0v) is 20.3. The lowest BCUT2D eigenvalue weighted by atomic mass is 10.1. The number of hydrogen-bond donors (Lipinski definition) is 1. The van der Waals surface area contributed by atoms with Gasteiger partial charge in [-0.15, -0.1) is 5.10 Å². The summed E-state index contributed by atoms with van der Waals surface area (Å²) in [5.41, 5.74) is 3.97. The molecule has 0 saturated carbocycles. The third-order valence-electron chi connectivity index (χ3n) is 5.44. The average Bonchev–Trinajstić information content (AvgIpc) is 3.24. The number of fused-ring (bicyclic) bond motifs is 1. The maximum absolute atomic E-state index is 13.9. The third kappa shape index (κ3) is 5.53. The molecule has 0 aliphatic rings. The first kappa shape index (κ1) is 23.7. The molecular formula is C25H27FN6OS. The van der Waals surface area contributed by atoms with Crippen LogP contribution in [0.1, 0.15) is 33.7 Å². The summed E-state index contributed by atoms with van der Waals surface area (Å²) in [7, 11) is 1.85. The predicted molar refractivity (Wildman–Crippen MR) is 133 cm³/mol. The Morgan fingerprint density at radius 1 is 1.12 bits per heavy atom. The number of hydrogen-bond acceptors (Lipinski definition) is 6. The van der Waals surface area contributed by atoms with Gasteiger partial charge < -0.3 is 10.2 Å². The van der Waals surface area contributed by atoms with E-state index in [9.17, 15) is 9.18 Å². The topological polar surface area (TPSA) is 75.4 Å². The summed E-state index contributed by atoms with van der Waals surface area (Å²) in [6.07, 6.45) is 0.699. The number of aryl methyl sites for hydroxylation is 2. The van der Waals surface area contributed by atoms with Crippen LogP contribution in [0.5, 0.6) is 0 Å². The molecule has 0 aliphatic heterocycles. The van der Waals surface area contributed by atoms with Gasteiger partial charge in [-0.3, -0.25) is 4.79 Å². The van der Waals surface area contributed by atoms with Crippen molar-refractivity contribution in [2.45, 2.75) is 31.2 Å². The lowest BCUT2D eigenvalue weighted by Crippen LogP contribution is -2.29. The van der Waals surface area contributed by atoms with Crippen LogP contribution in [0, 0.1) is 19.7 Å². The third-order valence-corrected chi connectivity index (χ3v) is 6.32. The van der Waals surface area contributed by atoms with Crippen molar-refractivity contribution < 1.29 is 9.18 Å². The van der Waals surface area contributed by atoms with Gasteiger partial charge in [-0.05, 0) is 50.1 Å². The summed E-state index contributed by atoms with van der Waals surface area (Å²) >= 11 is 1.47. The number of anilines is 1. The number of aromatic nitrogens is 4. The fourth-order valence-electron chi connectivity index (χ4n) is 3.71. The van der Waals surface area contributed by atoms with E-state index in [4.69, 9.17) is 0 Å². The van der Waals surface area contributed by atoms with Crippen LogP contribution in [-0.2, 0) is 5.75 Å². The summed E-state index contributed by atoms with van der Waals surface area (Å²) in [6.45, 7) is 5.03. The number of nitrogens with zero attached hydrogens (tertiary/aromatic N) is 5. The molecule has 1 amide bonds. The molecule has 1 N–H and O–H groups in total.